The summed E-state index contributed by atoms with van der Waals surface area (Å²) in [5.41, 5.74) is 5.46. The van der Waals surface area contributed by atoms with Gasteiger partial charge < -0.3 is 11.1 Å². The van der Waals surface area contributed by atoms with Gasteiger partial charge in [-0.15, -0.1) is 12.4 Å². The van der Waals surface area contributed by atoms with E-state index >= 15 is 0 Å². The second-order valence-electron chi connectivity index (χ2n) is 4.24. The van der Waals surface area contributed by atoms with Crippen LogP contribution in [0.15, 0.2) is 0 Å². The Balaban J connectivity index is 0. The summed E-state index contributed by atoms with van der Waals surface area (Å²) >= 11 is 0. The molecular formula is C11H25ClN2O. The van der Waals surface area contributed by atoms with Gasteiger partial charge in [-0.1, -0.05) is 33.6 Å². The molecule has 0 spiro atoms. The van der Waals surface area contributed by atoms with E-state index in [-0.39, 0.29) is 18.3 Å². The van der Waals surface area contributed by atoms with Gasteiger partial charge in [0.25, 0.3) is 0 Å². The SMILES string of the molecule is CCCC(C)CC(=O)NCC(C)CN.Cl. The summed E-state index contributed by atoms with van der Waals surface area (Å²) in [5.74, 6) is 1.03. The molecule has 0 aliphatic carbocycles. The van der Waals surface area contributed by atoms with Crippen LogP contribution in [0, 0.1) is 11.8 Å². The molecule has 2 unspecified atom stereocenters. The van der Waals surface area contributed by atoms with Crippen molar-refractivity contribution >= 4 is 18.3 Å². The van der Waals surface area contributed by atoms with Crippen LogP contribution in [0.4, 0.5) is 0 Å². The third-order valence-electron chi connectivity index (χ3n) is 2.37. The predicted molar refractivity (Wildman–Crippen MR) is 67.2 cm³/mol. The fraction of sp³-hybridized carbons (Fsp3) is 0.909. The standard InChI is InChI=1S/C11H24N2O.ClH/c1-4-5-9(2)6-11(14)13-8-10(3)7-12;/h9-10H,4-8,12H2,1-3H3,(H,13,14);1H. The normalized spacial score (nSPS) is 13.9. The van der Waals surface area contributed by atoms with Crippen LogP contribution in [-0.2, 0) is 4.79 Å². The van der Waals surface area contributed by atoms with Crippen LogP contribution in [0.2, 0.25) is 0 Å². The van der Waals surface area contributed by atoms with Crippen molar-refractivity contribution in [2.75, 3.05) is 13.1 Å². The second-order valence-corrected chi connectivity index (χ2v) is 4.24. The van der Waals surface area contributed by atoms with Gasteiger partial charge in [0.2, 0.25) is 5.91 Å². The van der Waals surface area contributed by atoms with Gasteiger partial charge in [-0.25, -0.2) is 0 Å². The maximum atomic E-state index is 11.4. The van der Waals surface area contributed by atoms with E-state index in [4.69, 9.17) is 5.73 Å². The Morgan fingerprint density at radius 1 is 1.33 bits per heavy atom. The lowest BCUT2D eigenvalue weighted by Gasteiger charge is -2.12. The molecule has 3 nitrogen and oxygen atoms in total. The van der Waals surface area contributed by atoms with Gasteiger partial charge in [0.15, 0.2) is 0 Å². The monoisotopic (exact) mass is 236 g/mol. The number of nitrogens with two attached hydrogens (primary N) is 1. The molecule has 0 aromatic heterocycles. The Morgan fingerprint density at radius 2 is 1.93 bits per heavy atom. The van der Waals surface area contributed by atoms with E-state index in [1.165, 1.54) is 0 Å². The molecule has 0 radical (unpaired) electrons. The van der Waals surface area contributed by atoms with Gasteiger partial charge in [-0.05, 0) is 18.4 Å². The third-order valence-corrected chi connectivity index (χ3v) is 2.37. The molecule has 0 aliphatic rings. The maximum Gasteiger partial charge on any atom is 0.220 e. The quantitative estimate of drug-likeness (QED) is 0.710. The van der Waals surface area contributed by atoms with E-state index < -0.39 is 0 Å². The highest BCUT2D eigenvalue weighted by Crippen LogP contribution is 2.09. The van der Waals surface area contributed by atoms with Crippen molar-refractivity contribution in [3.05, 3.63) is 0 Å². The summed E-state index contributed by atoms with van der Waals surface area (Å²) in [5, 5.41) is 2.90. The Labute approximate surface area is 99.6 Å². The molecule has 2 atom stereocenters. The van der Waals surface area contributed by atoms with Crippen LogP contribution in [0.5, 0.6) is 0 Å². The number of hydrogen-bond donors (Lipinski definition) is 2. The summed E-state index contributed by atoms with van der Waals surface area (Å²) in [4.78, 5) is 11.4. The number of nitrogens with one attached hydrogen (secondary N) is 1. The van der Waals surface area contributed by atoms with Crippen LogP contribution >= 0.6 is 12.4 Å². The zero-order valence-corrected chi connectivity index (χ0v) is 10.9. The first-order valence-electron chi connectivity index (χ1n) is 5.56. The Bertz CT molecular complexity index is 165. The molecule has 1 amide bonds. The van der Waals surface area contributed by atoms with Gasteiger partial charge in [0.1, 0.15) is 0 Å². The number of carbonyl (C=O) groups is 1. The molecular weight excluding hydrogens is 212 g/mol. The minimum absolute atomic E-state index is 0. The molecule has 4 heteroatoms. The Hall–Kier alpha value is -0.280. The van der Waals surface area contributed by atoms with E-state index in [2.05, 4.69) is 19.2 Å². The average Bonchev–Trinajstić information content (AvgIpc) is 2.14. The smallest absolute Gasteiger partial charge is 0.220 e. The Kier molecular flexibility index (Phi) is 11.7. The van der Waals surface area contributed by atoms with E-state index in [1.54, 1.807) is 0 Å². The molecule has 0 bridgehead atoms. The first-order chi connectivity index (χ1) is 6.60. The summed E-state index contributed by atoms with van der Waals surface area (Å²) in [6.07, 6.45) is 2.92. The lowest BCUT2D eigenvalue weighted by Crippen LogP contribution is -2.32. The third kappa shape index (κ3) is 10.0. The highest BCUT2D eigenvalue weighted by molar-refractivity contribution is 5.85. The summed E-state index contributed by atoms with van der Waals surface area (Å²) < 4.78 is 0. The van der Waals surface area contributed by atoms with Crippen LogP contribution < -0.4 is 11.1 Å². The van der Waals surface area contributed by atoms with Gasteiger partial charge in [0, 0.05) is 13.0 Å². The maximum absolute atomic E-state index is 11.4. The van der Waals surface area contributed by atoms with Crippen LogP contribution in [0.3, 0.4) is 0 Å². The van der Waals surface area contributed by atoms with Gasteiger partial charge in [0.05, 0.1) is 0 Å². The largest absolute Gasteiger partial charge is 0.356 e. The summed E-state index contributed by atoms with van der Waals surface area (Å²) in [6.45, 7) is 7.63. The molecule has 0 heterocycles. The fourth-order valence-corrected chi connectivity index (χ4v) is 1.35. The van der Waals surface area contributed by atoms with E-state index in [9.17, 15) is 4.79 Å². The van der Waals surface area contributed by atoms with Crippen LogP contribution in [-0.4, -0.2) is 19.0 Å². The number of amides is 1. The first kappa shape index (κ1) is 17.1. The topological polar surface area (TPSA) is 55.1 Å². The van der Waals surface area contributed by atoms with Crippen molar-refractivity contribution in [3.8, 4) is 0 Å². The van der Waals surface area contributed by atoms with Crippen molar-refractivity contribution < 1.29 is 4.79 Å². The molecule has 0 saturated carbocycles. The molecule has 0 saturated heterocycles. The van der Waals surface area contributed by atoms with E-state index in [0.717, 1.165) is 12.8 Å². The summed E-state index contributed by atoms with van der Waals surface area (Å²) in [6, 6.07) is 0. The molecule has 3 N–H and O–H groups in total. The van der Waals surface area contributed by atoms with Gasteiger partial charge in [-0.2, -0.15) is 0 Å². The second kappa shape index (κ2) is 10.2. The van der Waals surface area contributed by atoms with Crippen molar-refractivity contribution in [1.82, 2.24) is 5.32 Å². The van der Waals surface area contributed by atoms with Crippen LogP contribution in [0.1, 0.15) is 40.0 Å². The molecule has 0 rings (SSSR count). The molecule has 0 aromatic rings. The molecule has 0 aliphatic heterocycles. The lowest BCUT2D eigenvalue weighted by atomic mass is 10.0. The van der Waals surface area contributed by atoms with Gasteiger partial charge >= 0.3 is 0 Å². The number of carbonyl (C=O) groups excluding carboxylic acids is 1. The predicted octanol–water partition coefficient (Wildman–Crippen LogP) is 1.95. The van der Waals surface area contributed by atoms with Gasteiger partial charge in [-0.3, -0.25) is 4.79 Å². The highest BCUT2D eigenvalue weighted by Gasteiger charge is 2.08. The molecule has 92 valence electrons. The minimum Gasteiger partial charge on any atom is -0.356 e. The summed E-state index contributed by atoms with van der Waals surface area (Å²) in [7, 11) is 0. The Morgan fingerprint density at radius 3 is 2.40 bits per heavy atom. The fourth-order valence-electron chi connectivity index (χ4n) is 1.35. The molecule has 15 heavy (non-hydrogen) atoms. The van der Waals surface area contributed by atoms with E-state index in [0.29, 0.717) is 31.3 Å². The lowest BCUT2D eigenvalue weighted by molar-refractivity contribution is -0.122. The average molecular weight is 237 g/mol. The number of rotatable bonds is 7. The van der Waals surface area contributed by atoms with Crippen molar-refractivity contribution in [2.24, 2.45) is 17.6 Å². The van der Waals surface area contributed by atoms with Crippen LogP contribution in [0.25, 0.3) is 0 Å². The number of halogens is 1. The van der Waals surface area contributed by atoms with Crippen molar-refractivity contribution in [1.29, 1.82) is 0 Å². The van der Waals surface area contributed by atoms with Crippen molar-refractivity contribution in [3.63, 3.8) is 0 Å². The molecule has 0 fully saturated rings. The number of hydrogen-bond acceptors (Lipinski definition) is 2. The zero-order valence-electron chi connectivity index (χ0n) is 10.1. The van der Waals surface area contributed by atoms with Crippen molar-refractivity contribution in [2.45, 2.75) is 40.0 Å². The minimum atomic E-state index is 0. The zero-order chi connectivity index (χ0) is 11.0. The first-order valence-corrected chi connectivity index (χ1v) is 5.56. The highest BCUT2D eigenvalue weighted by atomic mass is 35.5. The molecule has 0 aromatic carbocycles. The van der Waals surface area contributed by atoms with E-state index in [1.807, 2.05) is 6.92 Å².